The number of nitrogens with one attached hydrogen (secondary N) is 3. The van der Waals surface area contributed by atoms with Crippen LogP contribution in [0.25, 0.3) is 10.9 Å². The largest absolute Gasteiger partial charge is 0.481 e. The lowest BCUT2D eigenvalue weighted by molar-refractivity contribution is -0.143. The van der Waals surface area contributed by atoms with E-state index in [9.17, 15) is 28.7 Å². The molecular weight excluding hydrogens is 423 g/mol. The van der Waals surface area contributed by atoms with Crippen LogP contribution in [0.5, 0.6) is 0 Å². The van der Waals surface area contributed by atoms with Gasteiger partial charge in [-0.1, -0.05) is 13.8 Å². The molecule has 3 atom stereocenters. The van der Waals surface area contributed by atoms with Crippen LogP contribution in [0.3, 0.4) is 0 Å². The molecule has 2 aromatic rings. The van der Waals surface area contributed by atoms with E-state index in [1.54, 1.807) is 20.0 Å². The normalized spacial score (nSPS) is 14.0. The number of aliphatic carboxylic acids is 2. The van der Waals surface area contributed by atoms with Crippen molar-refractivity contribution in [3.8, 4) is 0 Å². The minimum Gasteiger partial charge on any atom is -0.481 e. The Morgan fingerprint density at radius 3 is 2.34 bits per heavy atom. The lowest BCUT2D eigenvalue weighted by atomic mass is 10.0. The molecule has 2 amide bonds. The Bertz CT molecular complexity index is 1010. The van der Waals surface area contributed by atoms with E-state index in [2.05, 4.69) is 15.6 Å². The van der Waals surface area contributed by atoms with E-state index in [-0.39, 0.29) is 18.8 Å². The average Bonchev–Trinajstić information content (AvgIpc) is 3.10. The second-order valence-corrected chi connectivity index (χ2v) is 7.87. The number of benzene rings is 1. The number of hydrogen-bond acceptors (Lipinski definition) is 5. The van der Waals surface area contributed by atoms with Crippen molar-refractivity contribution in [3.05, 3.63) is 35.8 Å². The number of fused-ring (bicyclic) bond motifs is 1. The molecule has 0 aliphatic heterocycles. The summed E-state index contributed by atoms with van der Waals surface area (Å²) < 4.78 is 13.7. The lowest BCUT2D eigenvalue weighted by Gasteiger charge is -2.23. The van der Waals surface area contributed by atoms with Gasteiger partial charge in [0.2, 0.25) is 11.8 Å². The summed E-state index contributed by atoms with van der Waals surface area (Å²) in [7, 11) is 0. The van der Waals surface area contributed by atoms with Gasteiger partial charge in [0, 0.05) is 29.9 Å². The highest BCUT2D eigenvalue weighted by Gasteiger charge is 2.29. The molecule has 0 aliphatic rings. The highest BCUT2D eigenvalue weighted by Crippen LogP contribution is 2.21. The summed E-state index contributed by atoms with van der Waals surface area (Å²) in [4.78, 5) is 50.6. The van der Waals surface area contributed by atoms with Crippen LogP contribution >= 0.6 is 0 Å². The molecule has 32 heavy (non-hydrogen) atoms. The zero-order chi connectivity index (χ0) is 24.0. The number of nitrogens with two attached hydrogens (primary N) is 1. The Labute approximate surface area is 183 Å². The Morgan fingerprint density at radius 2 is 1.75 bits per heavy atom. The highest BCUT2D eigenvalue weighted by molar-refractivity contribution is 5.93. The Kier molecular flexibility index (Phi) is 8.30. The predicted octanol–water partition coefficient (Wildman–Crippen LogP) is 0.752. The monoisotopic (exact) mass is 450 g/mol. The van der Waals surface area contributed by atoms with Crippen LogP contribution in [0.1, 0.15) is 32.3 Å². The first kappa shape index (κ1) is 24.8. The lowest BCUT2D eigenvalue weighted by Crippen LogP contribution is -2.56. The first-order valence-electron chi connectivity index (χ1n) is 10.1. The molecule has 0 aliphatic carbocycles. The number of rotatable bonds is 11. The van der Waals surface area contributed by atoms with Gasteiger partial charge in [-0.3, -0.25) is 14.4 Å². The summed E-state index contributed by atoms with van der Waals surface area (Å²) >= 11 is 0. The Hall–Kier alpha value is -3.47. The maximum absolute atomic E-state index is 13.7. The number of hydrogen-bond donors (Lipinski definition) is 6. The third kappa shape index (κ3) is 6.51. The van der Waals surface area contributed by atoms with Crippen molar-refractivity contribution in [1.29, 1.82) is 0 Å². The first-order valence-corrected chi connectivity index (χ1v) is 10.1. The molecule has 0 fully saturated rings. The number of aromatic nitrogens is 1. The number of amides is 2. The highest BCUT2D eigenvalue weighted by atomic mass is 19.1. The van der Waals surface area contributed by atoms with Crippen LogP contribution in [0, 0.1) is 11.7 Å². The van der Waals surface area contributed by atoms with Crippen LogP contribution in [-0.4, -0.2) is 57.1 Å². The molecule has 1 heterocycles. The maximum atomic E-state index is 13.7. The van der Waals surface area contributed by atoms with Crippen LogP contribution < -0.4 is 16.4 Å². The Morgan fingerprint density at radius 1 is 1.09 bits per heavy atom. The molecule has 0 spiro atoms. The SMILES string of the molecule is CC(C)[C@H](N)C(=O)N[C@H](Cc1c[nH]c2ccc(F)cc12)C(=O)N[C@@H](CCC(=O)O)C(=O)O. The summed E-state index contributed by atoms with van der Waals surface area (Å²) in [6, 6.07) is 0.496. The van der Waals surface area contributed by atoms with Gasteiger partial charge in [0.25, 0.3) is 0 Å². The predicted molar refractivity (Wildman–Crippen MR) is 113 cm³/mol. The van der Waals surface area contributed by atoms with Gasteiger partial charge in [0.1, 0.15) is 17.9 Å². The van der Waals surface area contributed by atoms with Gasteiger partial charge < -0.3 is 31.6 Å². The molecule has 11 heteroatoms. The fourth-order valence-electron chi connectivity index (χ4n) is 3.12. The van der Waals surface area contributed by atoms with Crippen molar-refractivity contribution < 1.29 is 33.8 Å². The van der Waals surface area contributed by atoms with Gasteiger partial charge in [-0.2, -0.15) is 0 Å². The van der Waals surface area contributed by atoms with Gasteiger partial charge in [-0.05, 0) is 36.1 Å². The summed E-state index contributed by atoms with van der Waals surface area (Å²) in [5.74, 6) is -4.74. The van der Waals surface area contributed by atoms with Crippen LogP contribution in [-0.2, 0) is 25.6 Å². The van der Waals surface area contributed by atoms with Gasteiger partial charge >= 0.3 is 11.9 Å². The maximum Gasteiger partial charge on any atom is 0.326 e. The molecule has 1 aromatic heterocycles. The molecule has 0 radical (unpaired) electrons. The topological polar surface area (TPSA) is 175 Å². The third-order valence-corrected chi connectivity index (χ3v) is 5.07. The van der Waals surface area contributed by atoms with Crippen molar-refractivity contribution in [2.75, 3.05) is 0 Å². The van der Waals surface area contributed by atoms with Crippen LogP contribution in [0.2, 0.25) is 0 Å². The molecule has 1 aromatic carbocycles. The smallest absolute Gasteiger partial charge is 0.326 e. The van der Waals surface area contributed by atoms with Gasteiger partial charge in [0.15, 0.2) is 0 Å². The van der Waals surface area contributed by atoms with Crippen molar-refractivity contribution in [2.45, 2.75) is 51.2 Å². The molecule has 0 saturated heterocycles. The van der Waals surface area contributed by atoms with E-state index < -0.39 is 54.1 Å². The quantitative estimate of drug-likeness (QED) is 0.293. The minimum atomic E-state index is -1.46. The summed E-state index contributed by atoms with van der Waals surface area (Å²) in [6.45, 7) is 3.46. The number of halogens is 1. The number of H-pyrrole nitrogens is 1. The molecule has 2 rings (SSSR count). The number of aromatic amines is 1. The van der Waals surface area contributed by atoms with Crippen molar-refractivity contribution in [1.82, 2.24) is 15.6 Å². The number of carboxylic acid groups (broad SMARTS) is 2. The molecule has 0 unspecified atom stereocenters. The molecule has 0 saturated carbocycles. The van der Waals surface area contributed by atoms with Crippen molar-refractivity contribution in [2.24, 2.45) is 11.7 Å². The molecule has 10 nitrogen and oxygen atoms in total. The van der Waals surface area contributed by atoms with E-state index in [4.69, 9.17) is 10.8 Å². The average molecular weight is 450 g/mol. The number of carbonyl (C=O) groups is 4. The van der Waals surface area contributed by atoms with E-state index in [0.29, 0.717) is 16.5 Å². The summed E-state index contributed by atoms with van der Waals surface area (Å²) in [6.07, 6.45) is 0.699. The standard InChI is InChI=1S/C21H27FN4O6/c1-10(2)18(23)20(30)26-16(19(29)25-15(21(31)32)5-6-17(27)28)7-11-9-24-14-4-3-12(22)8-13(11)14/h3-4,8-10,15-16,18,24H,5-7,23H2,1-2H3,(H,25,29)(H,26,30)(H,27,28)(H,31,32)/t15-,16+,18-/m0/s1. The van der Waals surface area contributed by atoms with Gasteiger partial charge in [-0.15, -0.1) is 0 Å². The first-order chi connectivity index (χ1) is 15.0. The van der Waals surface area contributed by atoms with Crippen LogP contribution in [0.4, 0.5) is 4.39 Å². The summed E-state index contributed by atoms with van der Waals surface area (Å²) in [5, 5.41) is 23.4. The van der Waals surface area contributed by atoms with Crippen molar-refractivity contribution in [3.63, 3.8) is 0 Å². The molecule has 7 N–H and O–H groups in total. The number of carbonyl (C=O) groups excluding carboxylic acids is 2. The van der Waals surface area contributed by atoms with Crippen molar-refractivity contribution >= 4 is 34.7 Å². The number of carboxylic acids is 2. The molecule has 174 valence electrons. The van der Waals surface area contributed by atoms with E-state index in [0.717, 1.165) is 0 Å². The van der Waals surface area contributed by atoms with E-state index in [1.807, 2.05) is 0 Å². The Balaban J connectivity index is 2.28. The minimum absolute atomic E-state index is 0.0723. The van der Waals surface area contributed by atoms with E-state index >= 15 is 0 Å². The van der Waals surface area contributed by atoms with Gasteiger partial charge in [-0.25, -0.2) is 9.18 Å². The second kappa shape index (κ2) is 10.7. The molecular formula is C21H27FN4O6. The van der Waals surface area contributed by atoms with Gasteiger partial charge in [0.05, 0.1) is 6.04 Å². The zero-order valence-corrected chi connectivity index (χ0v) is 17.7. The fourth-order valence-corrected chi connectivity index (χ4v) is 3.12. The molecule has 0 bridgehead atoms. The van der Waals surface area contributed by atoms with E-state index in [1.165, 1.54) is 18.2 Å². The van der Waals surface area contributed by atoms with Crippen LogP contribution in [0.15, 0.2) is 24.4 Å². The fraction of sp³-hybridized carbons (Fsp3) is 0.429. The summed E-state index contributed by atoms with van der Waals surface area (Å²) in [5.41, 5.74) is 7.01. The second-order valence-electron chi connectivity index (χ2n) is 7.87. The zero-order valence-electron chi connectivity index (χ0n) is 17.7. The third-order valence-electron chi connectivity index (χ3n) is 5.07.